The molecule has 0 bridgehead atoms. The topological polar surface area (TPSA) is 58.6 Å². The van der Waals surface area contributed by atoms with Crippen LogP contribution in [0.1, 0.15) is 29.0 Å². The summed E-state index contributed by atoms with van der Waals surface area (Å²) in [7, 11) is 0. The van der Waals surface area contributed by atoms with E-state index < -0.39 is 5.92 Å². The minimum atomic E-state index is -0.455. The fourth-order valence-electron chi connectivity index (χ4n) is 4.49. The molecule has 5 nitrogen and oxygen atoms in total. The van der Waals surface area contributed by atoms with Gasteiger partial charge < -0.3 is 15.0 Å². The largest absolute Gasteiger partial charge is 0.457 e. The molecular weight excluding hydrogens is 407 g/mol. The van der Waals surface area contributed by atoms with Crippen LogP contribution in [0.2, 0.25) is 0 Å². The van der Waals surface area contributed by atoms with E-state index in [2.05, 4.69) is 5.32 Å². The van der Waals surface area contributed by atoms with Crippen molar-refractivity contribution in [2.24, 2.45) is 5.92 Å². The minimum Gasteiger partial charge on any atom is -0.457 e. The van der Waals surface area contributed by atoms with E-state index in [1.54, 1.807) is 17.0 Å². The first-order chi connectivity index (χ1) is 15.6. The molecule has 6 heteroatoms. The van der Waals surface area contributed by atoms with Crippen LogP contribution in [-0.4, -0.2) is 29.8 Å². The van der Waals surface area contributed by atoms with Crippen molar-refractivity contribution in [1.82, 2.24) is 10.2 Å². The predicted octanol–water partition coefficient (Wildman–Crippen LogP) is 4.23. The number of carbonyl (C=O) groups excluding carboxylic acids is 2. The van der Waals surface area contributed by atoms with Crippen molar-refractivity contribution >= 4 is 11.8 Å². The lowest BCUT2D eigenvalue weighted by atomic mass is 9.87. The van der Waals surface area contributed by atoms with Crippen LogP contribution in [0.5, 0.6) is 11.5 Å². The lowest BCUT2D eigenvalue weighted by Crippen LogP contribution is -2.35. The molecule has 162 valence electrons. The number of para-hydroxylation sites is 2. The van der Waals surface area contributed by atoms with Crippen LogP contribution in [0.25, 0.3) is 0 Å². The van der Waals surface area contributed by atoms with Crippen LogP contribution >= 0.6 is 0 Å². The lowest BCUT2D eigenvalue weighted by molar-refractivity contribution is -0.128. The van der Waals surface area contributed by atoms with Crippen molar-refractivity contribution < 1.29 is 18.7 Å². The molecule has 0 spiro atoms. The Labute approximate surface area is 185 Å². The highest BCUT2D eigenvalue weighted by Crippen LogP contribution is 2.43. The number of ether oxygens (including phenoxy) is 1. The summed E-state index contributed by atoms with van der Waals surface area (Å²) in [5, 5.41) is 3.07. The quantitative estimate of drug-likeness (QED) is 0.659. The average Bonchev–Trinajstić information content (AvgIpc) is 3.16. The second-order valence-electron chi connectivity index (χ2n) is 8.33. The first-order valence-electron chi connectivity index (χ1n) is 10.7. The van der Waals surface area contributed by atoms with Crippen LogP contribution in [0.4, 0.5) is 4.39 Å². The number of likely N-dealkylation sites (tertiary alicyclic amines) is 1. The van der Waals surface area contributed by atoms with Gasteiger partial charge in [-0.1, -0.05) is 48.5 Å². The fraction of sp³-hybridized carbons (Fsp3) is 0.231. The number of nitrogens with one attached hydrogen (secondary N) is 1. The SMILES string of the molecule is O=C(NCC1CC(=O)N(Cc2ccc(F)cc2)C1)C1c2ccccc2Oc2ccccc21. The van der Waals surface area contributed by atoms with Crippen LogP contribution in [0.15, 0.2) is 72.8 Å². The number of amides is 2. The average molecular weight is 430 g/mol. The van der Waals surface area contributed by atoms with Gasteiger partial charge in [-0.15, -0.1) is 0 Å². The number of benzene rings is 3. The van der Waals surface area contributed by atoms with Gasteiger partial charge in [0, 0.05) is 43.1 Å². The predicted molar refractivity (Wildman–Crippen MR) is 118 cm³/mol. The second-order valence-corrected chi connectivity index (χ2v) is 8.33. The van der Waals surface area contributed by atoms with Gasteiger partial charge in [0.05, 0.1) is 5.92 Å². The van der Waals surface area contributed by atoms with Crippen molar-refractivity contribution in [1.29, 1.82) is 0 Å². The molecule has 3 aromatic carbocycles. The van der Waals surface area contributed by atoms with Gasteiger partial charge in [0.25, 0.3) is 0 Å². The molecular formula is C26H23FN2O3. The van der Waals surface area contributed by atoms with E-state index in [1.807, 2.05) is 48.5 Å². The van der Waals surface area contributed by atoms with Crippen molar-refractivity contribution in [2.75, 3.05) is 13.1 Å². The highest BCUT2D eigenvalue weighted by molar-refractivity contribution is 5.89. The maximum absolute atomic E-state index is 13.3. The summed E-state index contributed by atoms with van der Waals surface area (Å²) in [5.41, 5.74) is 2.56. The zero-order valence-corrected chi connectivity index (χ0v) is 17.5. The summed E-state index contributed by atoms with van der Waals surface area (Å²) < 4.78 is 19.1. The molecule has 0 aliphatic carbocycles. The molecule has 1 saturated heterocycles. The molecule has 1 unspecified atom stereocenters. The number of halogens is 1. The summed E-state index contributed by atoms with van der Waals surface area (Å²) in [6, 6.07) is 21.3. The number of nitrogens with zero attached hydrogens (tertiary/aromatic N) is 1. The monoisotopic (exact) mass is 430 g/mol. The first-order valence-corrected chi connectivity index (χ1v) is 10.7. The Bertz CT molecular complexity index is 1120. The zero-order valence-electron chi connectivity index (χ0n) is 17.5. The van der Waals surface area contributed by atoms with E-state index >= 15 is 0 Å². The number of hydrogen-bond acceptors (Lipinski definition) is 3. The van der Waals surface area contributed by atoms with Crippen molar-refractivity contribution in [3.63, 3.8) is 0 Å². The Balaban J connectivity index is 1.26. The summed E-state index contributed by atoms with van der Waals surface area (Å²) in [4.78, 5) is 27.5. The van der Waals surface area contributed by atoms with E-state index in [1.165, 1.54) is 12.1 Å². The number of rotatable bonds is 5. The lowest BCUT2D eigenvalue weighted by Gasteiger charge is -2.27. The van der Waals surface area contributed by atoms with Crippen molar-refractivity contribution in [3.8, 4) is 11.5 Å². The van der Waals surface area contributed by atoms with Gasteiger partial charge in [0.2, 0.25) is 11.8 Å². The molecule has 3 aromatic rings. The van der Waals surface area contributed by atoms with E-state index in [0.29, 0.717) is 37.6 Å². The van der Waals surface area contributed by atoms with E-state index in [4.69, 9.17) is 4.74 Å². The van der Waals surface area contributed by atoms with E-state index in [0.717, 1.165) is 16.7 Å². The second kappa shape index (κ2) is 8.46. The molecule has 32 heavy (non-hydrogen) atoms. The van der Waals surface area contributed by atoms with Gasteiger partial charge in [0.15, 0.2) is 0 Å². The van der Waals surface area contributed by atoms with E-state index in [9.17, 15) is 14.0 Å². The van der Waals surface area contributed by atoms with Gasteiger partial charge in [-0.2, -0.15) is 0 Å². The Morgan fingerprint density at radius 2 is 1.59 bits per heavy atom. The summed E-state index contributed by atoms with van der Waals surface area (Å²) in [6.45, 7) is 1.44. The maximum atomic E-state index is 13.3. The number of hydrogen-bond donors (Lipinski definition) is 1. The summed E-state index contributed by atoms with van der Waals surface area (Å²) in [6.07, 6.45) is 0.391. The van der Waals surface area contributed by atoms with Crippen LogP contribution in [0, 0.1) is 11.7 Å². The normalized spacial score (nSPS) is 17.5. The maximum Gasteiger partial charge on any atom is 0.232 e. The van der Waals surface area contributed by atoms with E-state index in [-0.39, 0.29) is 23.5 Å². The highest BCUT2D eigenvalue weighted by atomic mass is 19.1. The molecule has 1 atom stereocenters. The Morgan fingerprint density at radius 3 is 2.25 bits per heavy atom. The van der Waals surface area contributed by atoms with Crippen molar-refractivity contribution in [3.05, 3.63) is 95.3 Å². The third-order valence-electron chi connectivity index (χ3n) is 6.09. The molecule has 5 rings (SSSR count). The number of fused-ring (bicyclic) bond motifs is 2. The van der Waals surface area contributed by atoms with Crippen LogP contribution in [-0.2, 0) is 16.1 Å². The number of carbonyl (C=O) groups is 2. The minimum absolute atomic E-state index is 0.0391. The van der Waals surface area contributed by atoms with Gasteiger partial charge in [-0.3, -0.25) is 9.59 Å². The van der Waals surface area contributed by atoms with Crippen LogP contribution < -0.4 is 10.1 Å². The van der Waals surface area contributed by atoms with Gasteiger partial charge in [0.1, 0.15) is 17.3 Å². The molecule has 0 saturated carbocycles. The molecule has 0 radical (unpaired) electrons. The summed E-state index contributed by atoms with van der Waals surface area (Å²) in [5.74, 6) is 0.618. The third-order valence-corrected chi connectivity index (χ3v) is 6.09. The van der Waals surface area contributed by atoms with Crippen molar-refractivity contribution in [2.45, 2.75) is 18.9 Å². The van der Waals surface area contributed by atoms with Gasteiger partial charge >= 0.3 is 0 Å². The molecule has 2 aliphatic heterocycles. The molecule has 0 aromatic heterocycles. The Morgan fingerprint density at radius 1 is 0.969 bits per heavy atom. The Kier molecular flexibility index (Phi) is 5.35. The molecule has 1 N–H and O–H groups in total. The molecule has 2 heterocycles. The van der Waals surface area contributed by atoms with Crippen LogP contribution in [0.3, 0.4) is 0 Å². The first kappa shape index (κ1) is 20.2. The third kappa shape index (κ3) is 3.96. The zero-order chi connectivity index (χ0) is 22.1. The van der Waals surface area contributed by atoms with Gasteiger partial charge in [-0.05, 0) is 29.8 Å². The molecule has 2 aliphatic rings. The molecule has 2 amide bonds. The van der Waals surface area contributed by atoms with Gasteiger partial charge in [-0.25, -0.2) is 4.39 Å². The fourth-order valence-corrected chi connectivity index (χ4v) is 4.49. The standard InChI is InChI=1S/C26H23FN2O3/c27-19-11-9-17(10-12-19)15-29-16-18(13-24(29)30)14-28-26(31)25-20-5-1-3-7-22(20)32-23-8-4-2-6-21(23)25/h1-12,18,25H,13-16H2,(H,28,31). The highest BCUT2D eigenvalue weighted by Gasteiger charge is 2.34. The summed E-state index contributed by atoms with van der Waals surface area (Å²) >= 11 is 0. The molecule has 1 fully saturated rings. The Hall–Kier alpha value is -3.67. The smallest absolute Gasteiger partial charge is 0.232 e.